The Morgan fingerprint density at radius 1 is 0.967 bits per heavy atom. The number of aromatic nitrogens is 2. The lowest BCUT2D eigenvalue weighted by Gasteiger charge is -2.23. The zero-order valence-electron chi connectivity index (χ0n) is 16.3. The average molecular weight is 437 g/mol. The molecule has 2 rings (SSSR count). The highest BCUT2D eigenvalue weighted by molar-refractivity contribution is 5.58. The molecule has 0 amide bonds. The molecular weight excluding hydrogens is 416 g/mol. The number of anilines is 2. The fraction of sp³-hybridized carbons (Fsp3) is 0.474. The molecule has 0 saturated carbocycles. The summed E-state index contributed by atoms with van der Waals surface area (Å²) in [7, 11) is 0. The third-order valence-corrected chi connectivity index (χ3v) is 3.89. The monoisotopic (exact) mass is 437 g/mol. The predicted molar refractivity (Wildman–Crippen MR) is 98.1 cm³/mol. The zero-order chi connectivity index (χ0) is 22.4. The van der Waals surface area contributed by atoms with Crippen LogP contribution < -0.4 is 14.4 Å². The van der Waals surface area contributed by atoms with Crippen LogP contribution in [0.4, 0.5) is 38.0 Å². The molecule has 2 aromatic rings. The Morgan fingerprint density at radius 3 is 2.17 bits per heavy atom. The first-order valence-electron chi connectivity index (χ1n) is 9.19. The summed E-state index contributed by atoms with van der Waals surface area (Å²) in [4.78, 5) is 8.74. The van der Waals surface area contributed by atoms with E-state index in [4.69, 9.17) is 4.74 Å². The summed E-state index contributed by atoms with van der Waals surface area (Å²) >= 11 is 0. The highest BCUT2D eigenvalue weighted by atomic mass is 19.4. The number of rotatable bonds is 9. The van der Waals surface area contributed by atoms with Crippen molar-refractivity contribution in [2.24, 2.45) is 0 Å². The maximum Gasteiger partial charge on any atom is 0.423 e. The second-order valence-electron chi connectivity index (χ2n) is 6.23. The number of nitrogens with zero attached hydrogens (tertiary/aromatic N) is 3. The van der Waals surface area contributed by atoms with E-state index in [1.807, 2.05) is 6.92 Å². The van der Waals surface area contributed by atoms with Gasteiger partial charge in [0.1, 0.15) is 11.3 Å². The Kier molecular flexibility index (Phi) is 7.74. The highest BCUT2D eigenvalue weighted by Gasteiger charge is 2.38. The average Bonchev–Trinajstić information content (AvgIpc) is 2.67. The first-order valence-corrected chi connectivity index (χ1v) is 9.19. The van der Waals surface area contributed by atoms with Crippen LogP contribution in [0.15, 0.2) is 30.5 Å². The van der Waals surface area contributed by atoms with Gasteiger partial charge in [-0.1, -0.05) is 13.3 Å². The minimum absolute atomic E-state index is 0.220. The van der Waals surface area contributed by atoms with Crippen LogP contribution in [-0.4, -0.2) is 35.9 Å². The molecule has 0 aliphatic heterocycles. The van der Waals surface area contributed by atoms with Crippen molar-refractivity contribution in [3.63, 3.8) is 0 Å². The number of alkyl halides is 6. The molecule has 0 radical (unpaired) electrons. The maximum atomic E-state index is 13.1. The van der Waals surface area contributed by atoms with Gasteiger partial charge in [0, 0.05) is 18.4 Å². The van der Waals surface area contributed by atoms with Gasteiger partial charge in [0.05, 0.1) is 6.61 Å². The summed E-state index contributed by atoms with van der Waals surface area (Å²) in [6.45, 7) is 2.63. The number of unbranched alkanes of at least 4 members (excludes halogenated alkanes) is 1. The summed E-state index contributed by atoms with van der Waals surface area (Å²) in [5.74, 6) is -0.782. The van der Waals surface area contributed by atoms with Crippen molar-refractivity contribution in [3.05, 3.63) is 36.0 Å². The highest BCUT2D eigenvalue weighted by Crippen LogP contribution is 2.37. The van der Waals surface area contributed by atoms with Crippen LogP contribution in [0.3, 0.4) is 0 Å². The van der Waals surface area contributed by atoms with Gasteiger partial charge in [-0.3, -0.25) is 0 Å². The zero-order valence-corrected chi connectivity index (χ0v) is 16.3. The first-order chi connectivity index (χ1) is 14.0. The van der Waals surface area contributed by atoms with Crippen molar-refractivity contribution in [3.8, 4) is 11.6 Å². The second kappa shape index (κ2) is 9.86. The second-order valence-corrected chi connectivity index (χ2v) is 6.23. The summed E-state index contributed by atoms with van der Waals surface area (Å²) in [6.07, 6.45) is -7.49. The van der Waals surface area contributed by atoms with Crippen molar-refractivity contribution in [2.45, 2.75) is 39.0 Å². The van der Waals surface area contributed by atoms with Gasteiger partial charge in [0.15, 0.2) is 6.61 Å². The van der Waals surface area contributed by atoms with E-state index in [1.165, 1.54) is 4.90 Å². The van der Waals surface area contributed by atoms with Crippen LogP contribution in [0.25, 0.3) is 0 Å². The number of benzene rings is 1. The van der Waals surface area contributed by atoms with E-state index in [9.17, 15) is 26.3 Å². The summed E-state index contributed by atoms with van der Waals surface area (Å²) in [5, 5.41) is 0. The molecular formula is C19H21F6N3O2. The topological polar surface area (TPSA) is 47.5 Å². The van der Waals surface area contributed by atoms with Gasteiger partial charge >= 0.3 is 12.4 Å². The van der Waals surface area contributed by atoms with E-state index < -0.39 is 30.4 Å². The van der Waals surface area contributed by atoms with Crippen LogP contribution in [-0.2, 0) is 6.18 Å². The first kappa shape index (κ1) is 23.6. The molecule has 1 aromatic heterocycles. The summed E-state index contributed by atoms with van der Waals surface area (Å²) in [5.41, 5.74) is -0.951. The Balaban J connectivity index is 2.30. The SMILES string of the molecule is CCCCOc1ccc(N(CC)c2ncc(C(F)(F)F)c(OCC(F)(F)F)n2)cc1. The predicted octanol–water partition coefficient (Wildman–Crippen LogP) is 5.77. The largest absolute Gasteiger partial charge is 0.494 e. The van der Waals surface area contributed by atoms with Gasteiger partial charge in [0.2, 0.25) is 11.8 Å². The fourth-order valence-corrected chi connectivity index (χ4v) is 2.44. The Labute approximate surface area is 169 Å². The Hall–Kier alpha value is -2.72. The van der Waals surface area contributed by atoms with Gasteiger partial charge in [-0.25, -0.2) is 4.98 Å². The van der Waals surface area contributed by atoms with Crippen molar-refractivity contribution < 1.29 is 35.8 Å². The smallest absolute Gasteiger partial charge is 0.423 e. The normalized spacial score (nSPS) is 12.0. The molecule has 11 heteroatoms. The van der Waals surface area contributed by atoms with E-state index >= 15 is 0 Å². The number of hydrogen-bond donors (Lipinski definition) is 0. The van der Waals surface area contributed by atoms with Crippen LogP contribution >= 0.6 is 0 Å². The summed E-state index contributed by atoms with van der Waals surface area (Å²) in [6, 6.07) is 6.67. The van der Waals surface area contributed by atoms with Crippen LogP contribution in [0.5, 0.6) is 11.6 Å². The van der Waals surface area contributed by atoms with Crippen LogP contribution in [0, 0.1) is 0 Å². The van der Waals surface area contributed by atoms with Crippen molar-refractivity contribution >= 4 is 11.6 Å². The summed E-state index contributed by atoms with van der Waals surface area (Å²) < 4.78 is 86.5. The molecule has 30 heavy (non-hydrogen) atoms. The van der Waals surface area contributed by atoms with Crippen molar-refractivity contribution in [2.75, 3.05) is 24.7 Å². The molecule has 5 nitrogen and oxygen atoms in total. The third kappa shape index (κ3) is 6.67. The maximum absolute atomic E-state index is 13.1. The van der Waals surface area contributed by atoms with E-state index in [0.29, 0.717) is 24.2 Å². The van der Waals surface area contributed by atoms with Gasteiger partial charge in [0.25, 0.3) is 0 Å². The molecule has 166 valence electrons. The van der Waals surface area contributed by atoms with E-state index in [0.717, 1.165) is 12.8 Å². The number of ether oxygens (including phenoxy) is 2. The molecule has 1 heterocycles. The molecule has 0 bridgehead atoms. The molecule has 0 fully saturated rings. The van der Waals surface area contributed by atoms with E-state index in [2.05, 4.69) is 14.7 Å². The number of halogens is 6. The van der Waals surface area contributed by atoms with Gasteiger partial charge in [-0.15, -0.1) is 0 Å². The fourth-order valence-electron chi connectivity index (χ4n) is 2.44. The molecule has 0 atom stereocenters. The lowest BCUT2D eigenvalue weighted by molar-refractivity contribution is -0.159. The van der Waals surface area contributed by atoms with Gasteiger partial charge in [-0.2, -0.15) is 31.3 Å². The molecule has 0 aliphatic rings. The lowest BCUT2D eigenvalue weighted by Crippen LogP contribution is -2.24. The Bertz CT molecular complexity index is 809. The van der Waals surface area contributed by atoms with Crippen molar-refractivity contribution in [1.82, 2.24) is 9.97 Å². The van der Waals surface area contributed by atoms with Crippen LogP contribution in [0.2, 0.25) is 0 Å². The third-order valence-electron chi connectivity index (χ3n) is 3.89. The van der Waals surface area contributed by atoms with Gasteiger partial charge in [-0.05, 0) is 37.6 Å². The lowest BCUT2D eigenvalue weighted by atomic mass is 10.2. The minimum atomic E-state index is -4.96. The Morgan fingerprint density at radius 2 is 1.63 bits per heavy atom. The van der Waals surface area contributed by atoms with E-state index in [-0.39, 0.29) is 12.5 Å². The quantitative estimate of drug-likeness (QED) is 0.368. The van der Waals surface area contributed by atoms with Crippen molar-refractivity contribution in [1.29, 1.82) is 0 Å². The van der Waals surface area contributed by atoms with Gasteiger partial charge < -0.3 is 14.4 Å². The molecule has 1 aromatic carbocycles. The molecule has 0 N–H and O–H groups in total. The molecule has 0 saturated heterocycles. The molecule has 0 spiro atoms. The standard InChI is InChI=1S/C19H21F6N3O2/c1-3-5-10-29-14-8-6-13(7-9-14)28(4-2)17-26-11-15(19(23,24)25)16(27-17)30-12-18(20,21)22/h6-9,11H,3-5,10,12H2,1-2H3. The molecule has 0 unspecified atom stereocenters. The van der Waals surface area contributed by atoms with Crippen LogP contribution in [0.1, 0.15) is 32.3 Å². The minimum Gasteiger partial charge on any atom is -0.494 e. The molecule has 0 aliphatic carbocycles. The van der Waals surface area contributed by atoms with E-state index in [1.54, 1.807) is 31.2 Å². The number of hydrogen-bond acceptors (Lipinski definition) is 5.